The topological polar surface area (TPSA) is 78.4 Å². The number of hydrogen-bond donors (Lipinski definition) is 3. The molecule has 0 fully saturated rings. The van der Waals surface area contributed by atoms with E-state index in [2.05, 4.69) is 10.6 Å². The van der Waals surface area contributed by atoms with Gasteiger partial charge in [-0.25, -0.2) is 0 Å². The van der Waals surface area contributed by atoms with Gasteiger partial charge in [-0.1, -0.05) is 36.4 Å². The highest BCUT2D eigenvalue weighted by molar-refractivity contribution is 6.09. The number of rotatable bonds is 4. The number of phenols is 1. The van der Waals surface area contributed by atoms with E-state index in [4.69, 9.17) is 0 Å². The first-order valence-electron chi connectivity index (χ1n) is 7.11. The molecule has 2 aromatic carbocycles. The van der Waals surface area contributed by atoms with E-state index in [1.165, 1.54) is 13.0 Å². The van der Waals surface area contributed by atoms with Crippen molar-refractivity contribution in [1.82, 2.24) is 5.32 Å². The van der Waals surface area contributed by atoms with Gasteiger partial charge in [-0.05, 0) is 36.3 Å². The smallest absolute Gasteiger partial charge is 0.272 e. The highest BCUT2D eigenvalue weighted by Crippen LogP contribution is 2.24. The number of amides is 2. The number of phenolic OH excluding ortho intramolecular Hbond substituents is 1. The molecule has 0 saturated heterocycles. The van der Waals surface area contributed by atoms with Crippen LogP contribution < -0.4 is 10.6 Å². The molecule has 0 unspecified atom stereocenters. The van der Waals surface area contributed by atoms with E-state index in [1.54, 1.807) is 18.2 Å². The third-order valence-electron chi connectivity index (χ3n) is 3.07. The second-order valence-corrected chi connectivity index (χ2v) is 5.12. The van der Waals surface area contributed by atoms with Crippen LogP contribution in [0.25, 0.3) is 6.08 Å². The molecule has 0 saturated carbocycles. The van der Waals surface area contributed by atoms with Crippen LogP contribution in [0.15, 0.2) is 54.2 Å². The molecule has 0 aliphatic rings. The number of carbonyl (C=O) groups excluding carboxylic acids is 2. The lowest BCUT2D eigenvalue weighted by molar-refractivity contribution is -0.120. The summed E-state index contributed by atoms with van der Waals surface area (Å²) >= 11 is 0. The third-order valence-corrected chi connectivity index (χ3v) is 3.07. The van der Waals surface area contributed by atoms with Crippen molar-refractivity contribution in [2.24, 2.45) is 0 Å². The van der Waals surface area contributed by atoms with Crippen LogP contribution in [0.2, 0.25) is 0 Å². The van der Waals surface area contributed by atoms with E-state index in [0.717, 1.165) is 11.1 Å². The highest BCUT2D eigenvalue weighted by atomic mass is 16.3. The lowest BCUT2D eigenvalue weighted by atomic mass is 10.1. The van der Waals surface area contributed by atoms with Gasteiger partial charge in [-0.15, -0.1) is 0 Å². The molecule has 2 amide bonds. The maximum Gasteiger partial charge on any atom is 0.272 e. The molecule has 0 heterocycles. The largest absolute Gasteiger partial charge is 0.506 e. The molecular weight excluding hydrogens is 292 g/mol. The molecule has 23 heavy (non-hydrogen) atoms. The van der Waals surface area contributed by atoms with Crippen LogP contribution in [0.3, 0.4) is 0 Å². The second-order valence-electron chi connectivity index (χ2n) is 5.12. The van der Waals surface area contributed by atoms with Crippen LogP contribution in [0.1, 0.15) is 18.1 Å². The molecule has 5 heteroatoms. The first kappa shape index (κ1) is 16.3. The Kier molecular flexibility index (Phi) is 5.15. The van der Waals surface area contributed by atoms with Gasteiger partial charge in [0.2, 0.25) is 5.91 Å². The van der Waals surface area contributed by atoms with Gasteiger partial charge >= 0.3 is 0 Å². The number of anilines is 1. The molecule has 0 aliphatic carbocycles. The summed E-state index contributed by atoms with van der Waals surface area (Å²) in [5, 5.41) is 14.9. The van der Waals surface area contributed by atoms with Crippen LogP contribution in [0.4, 0.5) is 5.69 Å². The Morgan fingerprint density at radius 1 is 1.09 bits per heavy atom. The molecule has 0 aliphatic heterocycles. The van der Waals surface area contributed by atoms with Crippen LogP contribution >= 0.6 is 0 Å². The van der Waals surface area contributed by atoms with Gasteiger partial charge in [-0.3, -0.25) is 9.59 Å². The minimum absolute atomic E-state index is 0.0363. The Bertz CT molecular complexity index is 752. The Morgan fingerprint density at radius 2 is 1.78 bits per heavy atom. The molecule has 0 aromatic heterocycles. The summed E-state index contributed by atoms with van der Waals surface area (Å²) in [6, 6.07) is 14.1. The van der Waals surface area contributed by atoms with Gasteiger partial charge in [0, 0.05) is 6.92 Å². The molecule has 3 N–H and O–H groups in total. The molecule has 2 aromatic rings. The van der Waals surface area contributed by atoms with Crippen molar-refractivity contribution in [1.29, 1.82) is 0 Å². The molecule has 5 nitrogen and oxygen atoms in total. The van der Waals surface area contributed by atoms with Crippen molar-refractivity contribution in [3.63, 3.8) is 0 Å². The van der Waals surface area contributed by atoms with Crippen molar-refractivity contribution in [3.8, 4) is 5.75 Å². The first-order chi connectivity index (χ1) is 11.0. The van der Waals surface area contributed by atoms with E-state index >= 15 is 0 Å². The summed E-state index contributed by atoms with van der Waals surface area (Å²) in [7, 11) is 0. The zero-order valence-electron chi connectivity index (χ0n) is 13.0. The normalized spacial score (nSPS) is 11.0. The predicted octanol–water partition coefficient (Wildman–Crippen LogP) is 2.82. The van der Waals surface area contributed by atoms with E-state index in [1.807, 2.05) is 37.3 Å². The lowest BCUT2D eigenvalue weighted by Crippen LogP contribution is -2.29. The Labute approximate surface area is 134 Å². The summed E-state index contributed by atoms with van der Waals surface area (Å²) in [5.41, 5.74) is 2.06. The molecule has 118 valence electrons. The van der Waals surface area contributed by atoms with Gasteiger partial charge in [-0.2, -0.15) is 0 Å². The molecule has 0 spiro atoms. The van der Waals surface area contributed by atoms with Crippen LogP contribution in [0.5, 0.6) is 5.75 Å². The van der Waals surface area contributed by atoms with Crippen molar-refractivity contribution in [2.75, 3.05) is 5.32 Å². The minimum atomic E-state index is -0.509. The average molecular weight is 310 g/mol. The third kappa shape index (κ3) is 4.71. The molecule has 0 radical (unpaired) electrons. The quantitative estimate of drug-likeness (QED) is 0.600. The lowest BCUT2D eigenvalue weighted by Gasteiger charge is -2.11. The van der Waals surface area contributed by atoms with Crippen molar-refractivity contribution < 1.29 is 14.7 Å². The van der Waals surface area contributed by atoms with E-state index in [9.17, 15) is 14.7 Å². The summed E-state index contributed by atoms with van der Waals surface area (Å²) in [6.45, 7) is 3.18. The highest BCUT2D eigenvalue weighted by Gasteiger charge is 2.13. The predicted molar refractivity (Wildman–Crippen MR) is 89.7 cm³/mol. The van der Waals surface area contributed by atoms with Crippen molar-refractivity contribution in [2.45, 2.75) is 13.8 Å². The maximum absolute atomic E-state index is 12.4. The summed E-state index contributed by atoms with van der Waals surface area (Å²) in [4.78, 5) is 23.8. The number of aryl methyl sites for hydroxylation is 1. The standard InChI is InChI=1S/C18H18N2O3/c1-12-8-9-17(22)15(10-12)20-18(23)16(19-13(2)21)11-14-6-4-3-5-7-14/h3-11,22H,1-2H3,(H,19,21)(H,20,23)/b16-11-. The fourth-order valence-electron chi connectivity index (χ4n) is 2.00. The van der Waals surface area contributed by atoms with Crippen LogP contribution in [-0.2, 0) is 9.59 Å². The summed E-state index contributed by atoms with van der Waals surface area (Å²) < 4.78 is 0. The number of carbonyl (C=O) groups is 2. The zero-order valence-corrected chi connectivity index (χ0v) is 13.0. The van der Waals surface area contributed by atoms with E-state index in [0.29, 0.717) is 5.69 Å². The molecule has 0 atom stereocenters. The molecule has 0 bridgehead atoms. The van der Waals surface area contributed by atoms with Crippen LogP contribution in [0, 0.1) is 6.92 Å². The fraction of sp³-hybridized carbons (Fsp3) is 0.111. The second kappa shape index (κ2) is 7.26. The van der Waals surface area contributed by atoms with Crippen molar-refractivity contribution >= 4 is 23.6 Å². The number of aromatic hydroxyl groups is 1. The van der Waals surface area contributed by atoms with Gasteiger partial charge in [0.1, 0.15) is 11.4 Å². The molecular formula is C18H18N2O3. The number of benzene rings is 2. The fourth-order valence-corrected chi connectivity index (χ4v) is 2.00. The Balaban J connectivity index is 2.28. The average Bonchev–Trinajstić information content (AvgIpc) is 2.51. The van der Waals surface area contributed by atoms with Gasteiger partial charge in [0.05, 0.1) is 5.69 Å². The van der Waals surface area contributed by atoms with Gasteiger partial charge in [0.25, 0.3) is 5.91 Å². The summed E-state index contributed by atoms with van der Waals surface area (Å²) in [6.07, 6.45) is 1.57. The summed E-state index contributed by atoms with van der Waals surface area (Å²) in [5.74, 6) is -0.897. The van der Waals surface area contributed by atoms with Crippen molar-refractivity contribution in [3.05, 3.63) is 65.4 Å². The van der Waals surface area contributed by atoms with Crippen LogP contribution in [-0.4, -0.2) is 16.9 Å². The van der Waals surface area contributed by atoms with Gasteiger partial charge < -0.3 is 15.7 Å². The Hall–Kier alpha value is -3.08. The SMILES string of the molecule is CC(=O)N/C(=C\c1ccccc1)C(=O)Nc1cc(C)ccc1O. The number of nitrogens with one attached hydrogen (secondary N) is 2. The first-order valence-corrected chi connectivity index (χ1v) is 7.11. The molecule has 2 rings (SSSR count). The zero-order chi connectivity index (χ0) is 16.8. The minimum Gasteiger partial charge on any atom is -0.506 e. The van der Waals surface area contributed by atoms with E-state index in [-0.39, 0.29) is 17.4 Å². The van der Waals surface area contributed by atoms with Gasteiger partial charge in [0.15, 0.2) is 0 Å². The maximum atomic E-state index is 12.4. The number of hydrogen-bond acceptors (Lipinski definition) is 3. The monoisotopic (exact) mass is 310 g/mol. The van der Waals surface area contributed by atoms with E-state index < -0.39 is 5.91 Å². The Morgan fingerprint density at radius 3 is 2.43 bits per heavy atom.